The number of ether oxygens (including phenoxy) is 1. The zero-order valence-electron chi connectivity index (χ0n) is 16.1. The van der Waals surface area contributed by atoms with Crippen molar-refractivity contribution in [3.05, 3.63) is 76.4 Å². The van der Waals surface area contributed by atoms with E-state index in [9.17, 15) is 14.7 Å². The van der Waals surface area contributed by atoms with Crippen LogP contribution >= 0.6 is 23.2 Å². The third kappa shape index (κ3) is 6.00. The number of aromatic nitrogens is 1. The largest absolute Gasteiger partial charge is 0.508 e. The topological polar surface area (TPSA) is 113 Å². The lowest BCUT2D eigenvalue weighted by Gasteiger charge is -2.14. The van der Waals surface area contributed by atoms with Crippen LogP contribution in [0.4, 0.5) is 17.2 Å². The molecule has 0 unspecified atom stereocenters. The van der Waals surface area contributed by atoms with Crippen molar-refractivity contribution in [2.24, 2.45) is 10.2 Å². The molecule has 31 heavy (non-hydrogen) atoms. The van der Waals surface area contributed by atoms with E-state index in [1.807, 2.05) is 0 Å². The highest BCUT2D eigenvalue weighted by Gasteiger charge is 2.22. The highest BCUT2D eigenvalue weighted by atomic mass is 35.5. The van der Waals surface area contributed by atoms with Crippen molar-refractivity contribution >= 4 is 52.3 Å². The van der Waals surface area contributed by atoms with Crippen molar-refractivity contribution in [1.29, 1.82) is 0 Å². The first-order chi connectivity index (χ1) is 14.8. The van der Waals surface area contributed by atoms with Crippen molar-refractivity contribution in [2.45, 2.75) is 13.0 Å². The number of hydrogen-bond donors (Lipinski definition) is 2. The van der Waals surface area contributed by atoms with Gasteiger partial charge in [0, 0.05) is 6.20 Å². The number of aromatic hydroxyl groups is 1. The Kier molecular flexibility index (Phi) is 7.17. The molecular weight excluding hydrogens is 443 g/mol. The summed E-state index contributed by atoms with van der Waals surface area (Å²) in [6.07, 6.45) is 0.192. The molecule has 1 aromatic heterocycles. The number of benzene rings is 2. The molecule has 0 radical (unpaired) electrons. The van der Waals surface area contributed by atoms with Gasteiger partial charge in [0.1, 0.15) is 11.4 Å². The van der Waals surface area contributed by atoms with Gasteiger partial charge in [-0.05, 0) is 49.4 Å². The van der Waals surface area contributed by atoms with E-state index < -0.39 is 18.0 Å². The normalized spacial score (nSPS) is 11.8. The van der Waals surface area contributed by atoms with Gasteiger partial charge >= 0.3 is 5.97 Å². The van der Waals surface area contributed by atoms with Gasteiger partial charge in [-0.1, -0.05) is 35.3 Å². The number of nitrogens with zero attached hydrogens (tertiary/aromatic N) is 3. The summed E-state index contributed by atoms with van der Waals surface area (Å²) in [6.45, 7) is 1.41. The summed E-state index contributed by atoms with van der Waals surface area (Å²) in [5.74, 6) is -1.17. The summed E-state index contributed by atoms with van der Waals surface area (Å²) in [4.78, 5) is 28.9. The predicted molar refractivity (Wildman–Crippen MR) is 116 cm³/mol. The SMILES string of the molecule is C[C@@H](OC(=O)c1ccccc1N=Nc1ccc(O)cc1)C(=O)Nc1ncc(Cl)cc1Cl. The summed E-state index contributed by atoms with van der Waals surface area (Å²) in [6, 6.07) is 13.9. The molecule has 10 heteroatoms. The maximum Gasteiger partial charge on any atom is 0.341 e. The van der Waals surface area contributed by atoms with E-state index in [4.69, 9.17) is 27.9 Å². The van der Waals surface area contributed by atoms with Crippen LogP contribution < -0.4 is 5.32 Å². The first kappa shape index (κ1) is 22.2. The first-order valence-corrected chi connectivity index (χ1v) is 9.72. The van der Waals surface area contributed by atoms with E-state index in [0.717, 1.165) is 0 Å². The van der Waals surface area contributed by atoms with Crippen LogP contribution in [-0.4, -0.2) is 28.1 Å². The number of carbonyl (C=O) groups is 2. The summed E-state index contributed by atoms with van der Waals surface area (Å²) < 4.78 is 5.26. The molecule has 1 heterocycles. The summed E-state index contributed by atoms with van der Waals surface area (Å²) in [5.41, 5.74) is 0.879. The average Bonchev–Trinajstić information content (AvgIpc) is 2.75. The van der Waals surface area contributed by atoms with Crippen LogP contribution in [0.3, 0.4) is 0 Å². The Morgan fingerprint density at radius 3 is 2.52 bits per heavy atom. The van der Waals surface area contributed by atoms with Crippen molar-refractivity contribution in [3.8, 4) is 5.75 Å². The number of esters is 1. The Balaban J connectivity index is 1.69. The van der Waals surface area contributed by atoms with Crippen molar-refractivity contribution in [3.63, 3.8) is 0 Å². The fraction of sp³-hybridized carbons (Fsp3) is 0.0952. The highest BCUT2D eigenvalue weighted by molar-refractivity contribution is 6.36. The molecule has 158 valence electrons. The van der Waals surface area contributed by atoms with Gasteiger partial charge in [0.05, 0.1) is 21.3 Å². The number of phenolic OH excluding ortho intramolecular Hbond substituents is 1. The maximum absolute atomic E-state index is 12.6. The molecule has 0 bridgehead atoms. The zero-order valence-corrected chi connectivity index (χ0v) is 17.6. The maximum atomic E-state index is 12.6. The van der Waals surface area contributed by atoms with Crippen LogP contribution in [0.1, 0.15) is 17.3 Å². The average molecular weight is 459 g/mol. The van der Waals surface area contributed by atoms with Crippen molar-refractivity contribution in [1.82, 2.24) is 4.98 Å². The van der Waals surface area contributed by atoms with Crippen molar-refractivity contribution in [2.75, 3.05) is 5.32 Å². The monoisotopic (exact) mass is 458 g/mol. The number of pyridine rings is 1. The number of amides is 1. The smallest absolute Gasteiger partial charge is 0.341 e. The number of rotatable bonds is 6. The van der Waals surface area contributed by atoms with Crippen LogP contribution in [-0.2, 0) is 9.53 Å². The molecule has 1 amide bonds. The number of nitrogens with one attached hydrogen (secondary N) is 1. The van der Waals surface area contributed by atoms with Gasteiger partial charge < -0.3 is 15.2 Å². The van der Waals surface area contributed by atoms with Crippen LogP contribution in [0.5, 0.6) is 5.75 Å². The van der Waals surface area contributed by atoms with Gasteiger partial charge in [-0.15, -0.1) is 5.11 Å². The second-order valence-corrected chi connectivity index (χ2v) is 7.10. The summed E-state index contributed by atoms with van der Waals surface area (Å²) in [5, 5.41) is 20.4. The van der Waals surface area contributed by atoms with Crippen LogP contribution in [0.25, 0.3) is 0 Å². The number of hydrogen-bond acceptors (Lipinski definition) is 7. The number of anilines is 1. The Morgan fingerprint density at radius 2 is 1.81 bits per heavy atom. The molecule has 8 nitrogen and oxygen atoms in total. The number of azo groups is 1. The minimum Gasteiger partial charge on any atom is -0.508 e. The number of phenols is 1. The summed E-state index contributed by atoms with van der Waals surface area (Å²) >= 11 is 11.8. The Morgan fingerprint density at radius 1 is 1.10 bits per heavy atom. The molecule has 0 spiro atoms. The molecule has 3 rings (SSSR count). The fourth-order valence-corrected chi connectivity index (χ4v) is 2.79. The molecule has 0 aliphatic rings. The van der Waals surface area contributed by atoms with Gasteiger partial charge in [-0.25, -0.2) is 9.78 Å². The molecule has 0 saturated heterocycles. The van der Waals surface area contributed by atoms with E-state index in [1.165, 1.54) is 37.4 Å². The van der Waals surface area contributed by atoms with E-state index >= 15 is 0 Å². The second-order valence-electron chi connectivity index (χ2n) is 6.25. The molecule has 3 aromatic rings. The Bertz CT molecular complexity index is 1140. The van der Waals surface area contributed by atoms with Gasteiger partial charge in [-0.3, -0.25) is 4.79 Å². The van der Waals surface area contributed by atoms with Gasteiger partial charge in [0.2, 0.25) is 0 Å². The molecule has 0 fully saturated rings. The summed E-state index contributed by atoms with van der Waals surface area (Å²) in [7, 11) is 0. The lowest BCUT2D eigenvalue weighted by molar-refractivity contribution is -0.123. The minimum absolute atomic E-state index is 0.0991. The molecule has 2 N–H and O–H groups in total. The van der Waals surface area contributed by atoms with E-state index in [0.29, 0.717) is 10.7 Å². The van der Waals surface area contributed by atoms with Gasteiger partial charge in [0.25, 0.3) is 5.91 Å². The fourth-order valence-electron chi connectivity index (χ4n) is 2.37. The van der Waals surface area contributed by atoms with E-state index in [1.54, 1.807) is 30.3 Å². The molecule has 0 aliphatic carbocycles. The van der Waals surface area contributed by atoms with Crippen LogP contribution in [0.2, 0.25) is 10.0 Å². The van der Waals surface area contributed by atoms with Crippen LogP contribution in [0, 0.1) is 0 Å². The van der Waals surface area contributed by atoms with E-state index in [-0.39, 0.29) is 27.8 Å². The first-order valence-electron chi connectivity index (χ1n) is 8.96. The third-order valence-corrected chi connectivity index (χ3v) is 4.44. The molecule has 0 aliphatic heterocycles. The molecule has 0 saturated carbocycles. The molecule has 1 atom stereocenters. The standard InChI is InChI=1S/C21H16Cl2N4O4/c1-12(20(29)25-19-17(23)10-13(22)11-24-19)31-21(30)16-4-2-3-5-18(16)27-26-14-6-8-15(28)9-7-14/h2-12,28H,1H3,(H,24,25,29)/t12-/m1/s1. The predicted octanol–water partition coefficient (Wildman–Crippen LogP) is 5.69. The quantitative estimate of drug-likeness (QED) is 0.363. The van der Waals surface area contributed by atoms with E-state index in [2.05, 4.69) is 20.5 Å². The molecule has 2 aromatic carbocycles. The van der Waals surface area contributed by atoms with Crippen molar-refractivity contribution < 1.29 is 19.4 Å². The highest BCUT2D eigenvalue weighted by Crippen LogP contribution is 2.25. The molecular formula is C21H16Cl2N4O4. The van der Waals surface area contributed by atoms with Gasteiger partial charge in [-0.2, -0.15) is 5.11 Å². The minimum atomic E-state index is -1.14. The lowest BCUT2D eigenvalue weighted by atomic mass is 10.2. The number of carbonyl (C=O) groups excluding carboxylic acids is 2. The Labute approximate surface area is 187 Å². The lowest BCUT2D eigenvalue weighted by Crippen LogP contribution is -2.30. The second kappa shape index (κ2) is 10.0. The zero-order chi connectivity index (χ0) is 22.4. The third-order valence-electron chi connectivity index (χ3n) is 3.95. The van der Waals surface area contributed by atoms with Gasteiger partial charge in [0.15, 0.2) is 11.9 Å². The Hall–Kier alpha value is -3.49. The number of halogens is 2. The van der Waals surface area contributed by atoms with Crippen LogP contribution in [0.15, 0.2) is 71.0 Å².